The van der Waals surface area contributed by atoms with Gasteiger partial charge in [0, 0.05) is 24.7 Å². The van der Waals surface area contributed by atoms with Crippen molar-refractivity contribution in [2.45, 2.75) is 31.9 Å². The maximum Gasteiger partial charge on any atom is 0.131 e. The number of halogens is 1. The molecule has 0 amide bonds. The van der Waals surface area contributed by atoms with E-state index in [1.54, 1.807) is 12.1 Å². The minimum Gasteiger partial charge on any atom is -0.497 e. The maximum atomic E-state index is 13.8. The number of methoxy groups -OCH3 is 1. The summed E-state index contributed by atoms with van der Waals surface area (Å²) in [6.45, 7) is 3.87. The van der Waals surface area contributed by atoms with Gasteiger partial charge < -0.3 is 9.84 Å². The third-order valence-corrected chi connectivity index (χ3v) is 3.41. The lowest BCUT2D eigenvalue weighted by atomic mass is 9.95. The fraction of sp³-hybridized carbons (Fsp3) is 0.571. The Kier molecular flexibility index (Phi) is 3.88. The lowest BCUT2D eigenvalue weighted by Gasteiger charge is -2.36. The summed E-state index contributed by atoms with van der Waals surface area (Å²) >= 11 is 0. The van der Waals surface area contributed by atoms with Gasteiger partial charge in [-0.1, -0.05) is 6.07 Å². The van der Waals surface area contributed by atoms with Crippen LogP contribution in [0.15, 0.2) is 18.2 Å². The predicted molar refractivity (Wildman–Crippen MR) is 68.1 cm³/mol. The first-order valence-electron chi connectivity index (χ1n) is 6.27. The van der Waals surface area contributed by atoms with Crippen LogP contribution in [0.4, 0.5) is 4.39 Å². The highest BCUT2D eigenvalue weighted by Crippen LogP contribution is 2.23. The Labute approximate surface area is 107 Å². The Balaban J connectivity index is 2.05. The molecule has 0 aromatic heterocycles. The van der Waals surface area contributed by atoms with Crippen LogP contribution in [0.5, 0.6) is 5.75 Å². The topological polar surface area (TPSA) is 32.7 Å². The largest absolute Gasteiger partial charge is 0.497 e. The van der Waals surface area contributed by atoms with E-state index in [1.807, 2.05) is 6.92 Å². The van der Waals surface area contributed by atoms with Crippen molar-refractivity contribution < 1.29 is 14.2 Å². The third kappa shape index (κ3) is 3.21. The average molecular weight is 253 g/mol. The fourth-order valence-electron chi connectivity index (χ4n) is 2.48. The first-order valence-corrected chi connectivity index (χ1v) is 6.27. The first-order chi connectivity index (χ1) is 8.50. The van der Waals surface area contributed by atoms with E-state index >= 15 is 0 Å². The van der Waals surface area contributed by atoms with Gasteiger partial charge in [0.15, 0.2) is 0 Å². The number of likely N-dealkylation sites (tertiary alicyclic amines) is 1. The summed E-state index contributed by atoms with van der Waals surface area (Å²) in [5.41, 5.74) is -0.00483. The lowest BCUT2D eigenvalue weighted by Crippen LogP contribution is -2.45. The monoisotopic (exact) mass is 253 g/mol. The van der Waals surface area contributed by atoms with Crippen LogP contribution < -0.4 is 4.74 Å². The number of piperidine rings is 1. The Bertz CT molecular complexity index is 420. The molecule has 1 atom stereocenters. The van der Waals surface area contributed by atoms with Crippen LogP contribution in [0.2, 0.25) is 0 Å². The minimum atomic E-state index is -0.652. The molecular weight excluding hydrogens is 233 g/mol. The van der Waals surface area contributed by atoms with E-state index in [0.29, 0.717) is 24.4 Å². The molecule has 1 aromatic carbocycles. The molecule has 2 rings (SSSR count). The number of ether oxygens (including phenoxy) is 1. The maximum absolute atomic E-state index is 13.8. The number of nitrogens with zero attached hydrogens (tertiary/aromatic N) is 1. The van der Waals surface area contributed by atoms with Crippen LogP contribution in [0.25, 0.3) is 0 Å². The zero-order valence-electron chi connectivity index (χ0n) is 10.9. The molecule has 1 saturated heterocycles. The number of hydrogen-bond donors (Lipinski definition) is 1. The van der Waals surface area contributed by atoms with E-state index in [4.69, 9.17) is 4.74 Å². The first kappa shape index (κ1) is 13.3. The highest BCUT2D eigenvalue weighted by atomic mass is 19.1. The second kappa shape index (κ2) is 5.24. The van der Waals surface area contributed by atoms with E-state index in [2.05, 4.69) is 4.90 Å². The van der Waals surface area contributed by atoms with Crippen LogP contribution in [-0.4, -0.2) is 35.8 Å². The van der Waals surface area contributed by atoms with Crippen LogP contribution in [-0.2, 0) is 6.54 Å². The third-order valence-electron chi connectivity index (χ3n) is 3.41. The van der Waals surface area contributed by atoms with Crippen molar-refractivity contribution >= 4 is 0 Å². The summed E-state index contributed by atoms with van der Waals surface area (Å²) in [5, 5.41) is 10.0. The van der Waals surface area contributed by atoms with Gasteiger partial charge in [-0.15, -0.1) is 0 Å². The van der Waals surface area contributed by atoms with Gasteiger partial charge in [-0.2, -0.15) is 0 Å². The number of rotatable bonds is 3. The van der Waals surface area contributed by atoms with Crippen molar-refractivity contribution in [3.63, 3.8) is 0 Å². The molecule has 0 saturated carbocycles. The van der Waals surface area contributed by atoms with E-state index in [-0.39, 0.29) is 5.82 Å². The van der Waals surface area contributed by atoms with Gasteiger partial charge in [0.1, 0.15) is 11.6 Å². The van der Waals surface area contributed by atoms with Crippen molar-refractivity contribution in [1.82, 2.24) is 4.90 Å². The van der Waals surface area contributed by atoms with Gasteiger partial charge in [-0.3, -0.25) is 4.90 Å². The van der Waals surface area contributed by atoms with Crippen LogP contribution in [0, 0.1) is 5.82 Å². The number of β-amino-alcohol motifs (C(OH)–C–C–N with tert-alkyl or cyclic N) is 1. The molecule has 1 unspecified atom stereocenters. The van der Waals surface area contributed by atoms with E-state index in [9.17, 15) is 9.50 Å². The Hall–Kier alpha value is -1.13. The second-order valence-electron chi connectivity index (χ2n) is 5.27. The van der Waals surface area contributed by atoms with Crippen molar-refractivity contribution in [3.8, 4) is 5.75 Å². The van der Waals surface area contributed by atoms with Crippen molar-refractivity contribution in [2.24, 2.45) is 0 Å². The fourth-order valence-corrected chi connectivity index (χ4v) is 2.48. The highest BCUT2D eigenvalue weighted by Gasteiger charge is 2.28. The molecule has 0 bridgehead atoms. The van der Waals surface area contributed by atoms with Crippen LogP contribution in [0.1, 0.15) is 25.3 Å². The van der Waals surface area contributed by atoms with Crippen molar-refractivity contribution in [3.05, 3.63) is 29.6 Å². The minimum absolute atomic E-state index is 0.250. The van der Waals surface area contributed by atoms with Crippen LogP contribution >= 0.6 is 0 Å². The van der Waals surface area contributed by atoms with Gasteiger partial charge in [-0.25, -0.2) is 4.39 Å². The summed E-state index contributed by atoms with van der Waals surface area (Å²) in [6.07, 6.45) is 1.76. The summed E-state index contributed by atoms with van der Waals surface area (Å²) in [5.74, 6) is 0.279. The zero-order valence-corrected chi connectivity index (χ0v) is 10.9. The molecule has 100 valence electrons. The van der Waals surface area contributed by atoms with Gasteiger partial charge in [-0.05, 0) is 32.4 Å². The molecule has 1 aliphatic rings. The summed E-state index contributed by atoms with van der Waals surface area (Å²) in [4.78, 5) is 2.09. The molecule has 1 heterocycles. The Morgan fingerprint density at radius 3 is 2.89 bits per heavy atom. The Morgan fingerprint density at radius 2 is 2.28 bits per heavy atom. The van der Waals surface area contributed by atoms with Crippen LogP contribution in [0.3, 0.4) is 0 Å². The van der Waals surface area contributed by atoms with E-state index < -0.39 is 5.60 Å². The zero-order chi connectivity index (χ0) is 13.2. The standard InChI is InChI=1S/C14H20FNO2/c1-14(17)6-3-7-16(10-14)9-11-4-5-12(18-2)8-13(11)15/h4-5,8,17H,3,6-7,9-10H2,1-2H3. The molecular formula is C14H20FNO2. The summed E-state index contributed by atoms with van der Waals surface area (Å²) < 4.78 is 18.8. The predicted octanol–water partition coefficient (Wildman–Crippen LogP) is 2.18. The quantitative estimate of drug-likeness (QED) is 0.896. The van der Waals surface area contributed by atoms with Crippen molar-refractivity contribution in [2.75, 3.05) is 20.2 Å². The SMILES string of the molecule is COc1ccc(CN2CCCC(C)(O)C2)c(F)c1. The number of hydrogen-bond acceptors (Lipinski definition) is 3. The molecule has 0 aliphatic carbocycles. The molecule has 18 heavy (non-hydrogen) atoms. The van der Waals surface area contributed by atoms with E-state index in [0.717, 1.165) is 19.4 Å². The highest BCUT2D eigenvalue weighted by molar-refractivity contribution is 5.28. The molecule has 0 radical (unpaired) electrons. The normalized spacial score (nSPS) is 25.1. The second-order valence-corrected chi connectivity index (χ2v) is 5.27. The average Bonchev–Trinajstić information content (AvgIpc) is 2.30. The van der Waals surface area contributed by atoms with Gasteiger partial charge in [0.2, 0.25) is 0 Å². The summed E-state index contributed by atoms with van der Waals surface area (Å²) in [6, 6.07) is 4.91. The molecule has 1 aliphatic heterocycles. The van der Waals surface area contributed by atoms with Gasteiger partial charge in [0.25, 0.3) is 0 Å². The van der Waals surface area contributed by atoms with Crippen molar-refractivity contribution in [1.29, 1.82) is 0 Å². The van der Waals surface area contributed by atoms with Gasteiger partial charge in [0.05, 0.1) is 12.7 Å². The smallest absolute Gasteiger partial charge is 0.131 e. The molecule has 1 N–H and O–H groups in total. The molecule has 4 heteroatoms. The summed E-state index contributed by atoms with van der Waals surface area (Å²) in [7, 11) is 1.52. The molecule has 3 nitrogen and oxygen atoms in total. The Morgan fingerprint density at radius 1 is 1.50 bits per heavy atom. The number of benzene rings is 1. The number of aliphatic hydroxyl groups is 1. The molecule has 0 spiro atoms. The van der Waals surface area contributed by atoms with Gasteiger partial charge >= 0.3 is 0 Å². The van der Waals surface area contributed by atoms with E-state index in [1.165, 1.54) is 13.2 Å². The molecule has 1 aromatic rings. The lowest BCUT2D eigenvalue weighted by molar-refractivity contribution is -0.0184. The molecule has 1 fully saturated rings.